The first kappa shape index (κ1) is 45.9. The second-order valence-corrected chi connectivity index (χ2v) is 13.0. The van der Waals surface area contributed by atoms with Crippen molar-refractivity contribution in [2.45, 2.75) is 161 Å². The fourth-order valence-electron chi connectivity index (χ4n) is 6.36. The summed E-state index contributed by atoms with van der Waals surface area (Å²) >= 11 is 0. The topological polar surface area (TPSA) is 277 Å². The number of carbonyl (C=O) groups is 8. The quantitative estimate of drug-likeness (QED) is 0.173. The normalized spacial score (nSPS) is 35.4. The van der Waals surface area contributed by atoms with E-state index in [2.05, 4.69) is 0 Å². The predicted octanol–water partition coefficient (Wildman–Crippen LogP) is -0.951. The van der Waals surface area contributed by atoms with Crippen molar-refractivity contribution in [1.29, 1.82) is 0 Å². The fourth-order valence-corrected chi connectivity index (χ4v) is 6.36. The minimum Gasteiger partial charge on any atom is -0.456 e. The van der Waals surface area contributed by atoms with Crippen molar-refractivity contribution in [3.05, 3.63) is 0 Å². The number of carbonyl (C=O) groups excluding carboxylic acids is 8. The third-order valence-corrected chi connectivity index (χ3v) is 8.20. The van der Waals surface area contributed by atoms with Crippen molar-refractivity contribution in [3.63, 3.8) is 0 Å². The van der Waals surface area contributed by atoms with Gasteiger partial charge in [-0.2, -0.15) is 0 Å². The van der Waals surface area contributed by atoms with Gasteiger partial charge in [0.2, 0.25) is 0 Å². The van der Waals surface area contributed by atoms with Crippen LogP contribution in [0.5, 0.6) is 0 Å². The molecule has 3 fully saturated rings. The van der Waals surface area contributed by atoms with Gasteiger partial charge in [-0.05, 0) is 13.8 Å². The van der Waals surface area contributed by atoms with Crippen molar-refractivity contribution in [1.82, 2.24) is 0 Å². The SMILES string of the molecule is CC(=O)O[C@@H]1[C@@H](OC(C)=O)[C@H](C)O[C@@H](OC[C@H]2O[C@@H](O)[C@H](O[C@@H]3O[C@@H](C)[C@H](OC(C)=O)[C@@H](OC(C)=O)[C@H]3OC(C)=O)[C@@H](OC(C)=O)[C@@H]2OC(C)=O)[C@@H]1OC(C)=O. The molecule has 3 rings (SSSR count). The average Bonchev–Trinajstić information content (AvgIpc) is 3.04. The highest BCUT2D eigenvalue weighted by molar-refractivity contribution is 5.70. The number of ether oxygens (including phenoxy) is 13. The third-order valence-electron chi connectivity index (χ3n) is 8.20. The van der Waals surface area contributed by atoms with Gasteiger partial charge in [-0.3, -0.25) is 38.4 Å². The van der Waals surface area contributed by atoms with Gasteiger partial charge in [0, 0.05) is 55.4 Å². The van der Waals surface area contributed by atoms with E-state index in [0.29, 0.717) is 0 Å². The summed E-state index contributed by atoms with van der Waals surface area (Å²) in [6.45, 7) is 10.6. The molecular weight excluding hydrogens is 760 g/mol. The van der Waals surface area contributed by atoms with E-state index >= 15 is 0 Å². The highest BCUT2D eigenvalue weighted by Gasteiger charge is 2.57. The monoisotopic (exact) mass is 808 g/mol. The van der Waals surface area contributed by atoms with Crippen LogP contribution in [-0.4, -0.2) is 152 Å². The van der Waals surface area contributed by atoms with Crippen LogP contribution in [0.4, 0.5) is 0 Å². The summed E-state index contributed by atoms with van der Waals surface area (Å²) in [6, 6.07) is 0. The molecule has 22 heteroatoms. The van der Waals surface area contributed by atoms with Crippen LogP contribution in [0, 0.1) is 0 Å². The maximum Gasteiger partial charge on any atom is 0.303 e. The Labute approximate surface area is 320 Å². The highest BCUT2D eigenvalue weighted by Crippen LogP contribution is 2.35. The molecule has 0 bridgehead atoms. The van der Waals surface area contributed by atoms with Gasteiger partial charge in [-0.15, -0.1) is 0 Å². The van der Waals surface area contributed by atoms with Crippen molar-refractivity contribution in [2.75, 3.05) is 6.61 Å². The van der Waals surface area contributed by atoms with Crippen LogP contribution in [0.2, 0.25) is 0 Å². The number of aliphatic hydroxyl groups is 1. The molecule has 0 spiro atoms. The first-order valence-corrected chi connectivity index (χ1v) is 17.4. The number of hydrogen-bond donors (Lipinski definition) is 1. The molecule has 22 nitrogen and oxygen atoms in total. The minimum atomic E-state index is -2.06. The van der Waals surface area contributed by atoms with Crippen LogP contribution in [-0.2, 0) is 99.9 Å². The van der Waals surface area contributed by atoms with E-state index in [1.54, 1.807) is 0 Å². The number of esters is 8. The summed E-state index contributed by atoms with van der Waals surface area (Å²) in [5.74, 6) is -6.87. The molecule has 15 atom stereocenters. The molecule has 3 aliphatic rings. The maximum atomic E-state index is 12.5. The van der Waals surface area contributed by atoms with Crippen LogP contribution in [0.15, 0.2) is 0 Å². The van der Waals surface area contributed by atoms with E-state index in [1.165, 1.54) is 13.8 Å². The highest BCUT2D eigenvalue weighted by atomic mass is 16.8. The average molecular weight is 809 g/mol. The second-order valence-electron chi connectivity index (χ2n) is 13.0. The predicted molar refractivity (Wildman–Crippen MR) is 175 cm³/mol. The standard InChI is InChI=1S/C34H48O22/c1-12-23(47-14(3)35)26(50-17(6)38)30(53-20(9)41)33(45-12)44-11-22-25(49-16(5)37)28(52-19(8)40)29(32(43)55-22)56-34-31(54-21(10)42)27(51-18(7)39)24(13(2)46-34)48-15(4)36/h12-13,22-34,43H,11H2,1-10H3/t12-,13-,22+,23-,24-,25+,26+,27+,28-,29+,30+,31+,32+,33+,34-/m0/s1. The van der Waals surface area contributed by atoms with Crippen molar-refractivity contribution in [2.24, 2.45) is 0 Å². The van der Waals surface area contributed by atoms with Gasteiger partial charge in [-0.25, -0.2) is 0 Å². The molecule has 1 N–H and O–H groups in total. The Morgan fingerprint density at radius 1 is 0.411 bits per heavy atom. The molecule has 0 aromatic heterocycles. The molecule has 316 valence electrons. The van der Waals surface area contributed by atoms with Crippen LogP contribution in [0.1, 0.15) is 69.2 Å². The smallest absolute Gasteiger partial charge is 0.303 e. The molecule has 0 aromatic rings. The Hall–Kier alpha value is -4.48. The molecule has 0 unspecified atom stereocenters. The van der Waals surface area contributed by atoms with Crippen LogP contribution in [0.25, 0.3) is 0 Å². The second kappa shape index (κ2) is 20.1. The number of aliphatic hydroxyl groups excluding tert-OH is 1. The Morgan fingerprint density at radius 2 is 0.714 bits per heavy atom. The summed E-state index contributed by atoms with van der Waals surface area (Å²) in [6.07, 6.45) is -22.8. The molecule has 3 saturated heterocycles. The van der Waals surface area contributed by atoms with Gasteiger partial charge in [0.15, 0.2) is 73.8 Å². The van der Waals surface area contributed by atoms with Gasteiger partial charge in [-0.1, -0.05) is 0 Å². The lowest BCUT2D eigenvalue weighted by Crippen LogP contribution is -2.66. The third kappa shape index (κ3) is 12.5. The van der Waals surface area contributed by atoms with E-state index in [0.717, 1.165) is 55.4 Å². The number of rotatable bonds is 13. The summed E-state index contributed by atoms with van der Waals surface area (Å²) in [7, 11) is 0. The van der Waals surface area contributed by atoms with E-state index in [4.69, 9.17) is 61.6 Å². The lowest BCUT2D eigenvalue weighted by Gasteiger charge is -2.48. The molecule has 3 aliphatic heterocycles. The largest absolute Gasteiger partial charge is 0.456 e. The summed E-state index contributed by atoms with van der Waals surface area (Å²) in [5.41, 5.74) is 0. The molecule has 3 heterocycles. The van der Waals surface area contributed by atoms with Gasteiger partial charge < -0.3 is 66.7 Å². The van der Waals surface area contributed by atoms with E-state index < -0.39 is 146 Å². The Morgan fingerprint density at radius 3 is 1.11 bits per heavy atom. The lowest BCUT2D eigenvalue weighted by molar-refractivity contribution is -0.365. The molecule has 0 radical (unpaired) electrons. The van der Waals surface area contributed by atoms with E-state index in [-0.39, 0.29) is 0 Å². The minimum absolute atomic E-state index is 0.661. The zero-order valence-electron chi connectivity index (χ0n) is 32.4. The van der Waals surface area contributed by atoms with Crippen LogP contribution in [0.3, 0.4) is 0 Å². The molecule has 0 amide bonds. The molecule has 0 saturated carbocycles. The number of hydrogen-bond acceptors (Lipinski definition) is 22. The first-order chi connectivity index (χ1) is 26.1. The zero-order chi connectivity index (χ0) is 42.2. The van der Waals surface area contributed by atoms with Crippen LogP contribution >= 0.6 is 0 Å². The molecule has 56 heavy (non-hydrogen) atoms. The maximum absolute atomic E-state index is 12.5. The fraction of sp³-hybridized carbons (Fsp3) is 0.765. The van der Waals surface area contributed by atoms with E-state index in [1.807, 2.05) is 0 Å². The lowest BCUT2D eigenvalue weighted by atomic mass is 9.96. The van der Waals surface area contributed by atoms with Gasteiger partial charge in [0.1, 0.15) is 6.10 Å². The van der Waals surface area contributed by atoms with E-state index in [9.17, 15) is 43.5 Å². The Balaban J connectivity index is 1.99. The molecule has 0 aromatic carbocycles. The van der Waals surface area contributed by atoms with Crippen molar-refractivity contribution >= 4 is 47.8 Å². The molecule has 0 aliphatic carbocycles. The van der Waals surface area contributed by atoms with Crippen molar-refractivity contribution < 1.29 is 105 Å². The zero-order valence-corrected chi connectivity index (χ0v) is 32.4. The van der Waals surface area contributed by atoms with Crippen molar-refractivity contribution in [3.8, 4) is 0 Å². The van der Waals surface area contributed by atoms with Gasteiger partial charge >= 0.3 is 47.8 Å². The summed E-state index contributed by atoms with van der Waals surface area (Å²) in [5, 5.41) is 11.4. The summed E-state index contributed by atoms with van der Waals surface area (Å²) < 4.78 is 72.7. The first-order valence-electron chi connectivity index (χ1n) is 17.4. The van der Waals surface area contributed by atoms with Crippen LogP contribution < -0.4 is 0 Å². The summed E-state index contributed by atoms with van der Waals surface area (Å²) in [4.78, 5) is 97.3. The Bertz CT molecular complexity index is 1460. The van der Waals surface area contributed by atoms with Gasteiger partial charge in [0.05, 0.1) is 18.8 Å². The van der Waals surface area contributed by atoms with Gasteiger partial charge in [0.25, 0.3) is 0 Å². The Kier molecular flexibility index (Phi) is 16.5. The molecular formula is C34H48O22.